The second-order valence-corrected chi connectivity index (χ2v) is 4.29. The Morgan fingerprint density at radius 2 is 2.06 bits per heavy atom. The number of carbonyl (C=O) groups is 1. The molecule has 0 bridgehead atoms. The molecular weight excluding hydrogens is 250 g/mol. The Labute approximate surface area is 110 Å². The number of pyridine rings is 2. The van der Waals surface area contributed by atoms with E-state index in [9.17, 15) is 4.79 Å². The topological polar surface area (TPSA) is 54.9 Å². The minimum Gasteiger partial charge on any atom is -0.320 e. The SMILES string of the molecule is Cc1ccc(NC(=O)c2ccnc(Cl)c2)c(C)n1. The van der Waals surface area contributed by atoms with Crippen LogP contribution in [0.3, 0.4) is 0 Å². The highest BCUT2D eigenvalue weighted by molar-refractivity contribution is 6.29. The Balaban J connectivity index is 2.21. The van der Waals surface area contributed by atoms with Gasteiger partial charge in [0.25, 0.3) is 5.91 Å². The predicted molar refractivity (Wildman–Crippen MR) is 70.9 cm³/mol. The third-order valence-corrected chi connectivity index (χ3v) is 2.67. The summed E-state index contributed by atoms with van der Waals surface area (Å²) in [4.78, 5) is 20.1. The minimum absolute atomic E-state index is 0.229. The van der Waals surface area contributed by atoms with Gasteiger partial charge in [-0.15, -0.1) is 0 Å². The van der Waals surface area contributed by atoms with E-state index in [0.717, 1.165) is 11.4 Å². The van der Waals surface area contributed by atoms with E-state index in [1.165, 1.54) is 12.3 Å². The van der Waals surface area contributed by atoms with Crippen LogP contribution in [0.25, 0.3) is 0 Å². The van der Waals surface area contributed by atoms with Crippen molar-refractivity contribution >= 4 is 23.2 Å². The zero-order chi connectivity index (χ0) is 13.1. The quantitative estimate of drug-likeness (QED) is 0.846. The Hall–Kier alpha value is -1.94. The average molecular weight is 262 g/mol. The maximum absolute atomic E-state index is 12.0. The molecule has 1 N–H and O–H groups in total. The minimum atomic E-state index is -0.229. The molecule has 0 aliphatic heterocycles. The van der Waals surface area contributed by atoms with E-state index in [4.69, 9.17) is 11.6 Å². The van der Waals surface area contributed by atoms with Crippen molar-refractivity contribution in [1.29, 1.82) is 0 Å². The van der Waals surface area contributed by atoms with E-state index in [2.05, 4.69) is 15.3 Å². The predicted octanol–water partition coefficient (Wildman–Crippen LogP) is 3.00. The molecule has 2 aromatic heterocycles. The highest BCUT2D eigenvalue weighted by Crippen LogP contribution is 2.15. The summed E-state index contributed by atoms with van der Waals surface area (Å²) in [6.07, 6.45) is 1.50. The van der Waals surface area contributed by atoms with Crippen LogP contribution in [0.4, 0.5) is 5.69 Å². The number of halogens is 1. The van der Waals surface area contributed by atoms with Crippen molar-refractivity contribution in [3.8, 4) is 0 Å². The molecule has 1 amide bonds. The van der Waals surface area contributed by atoms with Crippen LogP contribution in [0, 0.1) is 13.8 Å². The molecule has 4 nitrogen and oxygen atoms in total. The molecule has 0 atom stereocenters. The van der Waals surface area contributed by atoms with Gasteiger partial charge in [0.15, 0.2) is 0 Å². The summed E-state index contributed by atoms with van der Waals surface area (Å²) in [5, 5.41) is 3.09. The van der Waals surface area contributed by atoms with Gasteiger partial charge < -0.3 is 5.32 Å². The number of carbonyl (C=O) groups excluding carboxylic acids is 1. The molecule has 92 valence electrons. The van der Waals surface area contributed by atoms with Crippen molar-refractivity contribution in [2.45, 2.75) is 13.8 Å². The lowest BCUT2D eigenvalue weighted by molar-refractivity contribution is 0.102. The first kappa shape index (κ1) is 12.5. The second-order valence-electron chi connectivity index (χ2n) is 3.91. The fraction of sp³-hybridized carbons (Fsp3) is 0.154. The average Bonchev–Trinajstić information content (AvgIpc) is 2.32. The molecule has 0 radical (unpaired) electrons. The molecule has 0 saturated carbocycles. The van der Waals surface area contributed by atoms with E-state index < -0.39 is 0 Å². The number of nitrogens with one attached hydrogen (secondary N) is 1. The van der Waals surface area contributed by atoms with Crippen LogP contribution in [0.2, 0.25) is 5.15 Å². The number of hydrogen-bond acceptors (Lipinski definition) is 3. The Morgan fingerprint density at radius 1 is 1.28 bits per heavy atom. The van der Waals surface area contributed by atoms with Crippen LogP contribution in [-0.2, 0) is 0 Å². The maximum atomic E-state index is 12.0. The zero-order valence-electron chi connectivity index (χ0n) is 10.1. The zero-order valence-corrected chi connectivity index (χ0v) is 10.8. The van der Waals surface area contributed by atoms with Crippen LogP contribution in [0.1, 0.15) is 21.7 Å². The molecule has 0 aliphatic carbocycles. The van der Waals surface area contributed by atoms with E-state index in [0.29, 0.717) is 16.4 Å². The fourth-order valence-corrected chi connectivity index (χ4v) is 1.73. The summed E-state index contributed by atoms with van der Waals surface area (Å²) in [6, 6.07) is 6.81. The lowest BCUT2D eigenvalue weighted by Crippen LogP contribution is -2.13. The second kappa shape index (κ2) is 5.14. The Kier molecular flexibility index (Phi) is 3.58. The van der Waals surface area contributed by atoms with Crippen molar-refractivity contribution in [2.24, 2.45) is 0 Å². The molecular formula is C13H12ClN3O. The monoisotopic (exact) mass is 261 g/mol. The van der Waals surface area contributed by atoms with Gasteiger partial charge in [0.05, 0.1) is 11.4 Å². The molecule has 0 spiro atoms. The standard InChI is InChI=1S/C13H12ClN3O/c1-8-3-4-11(9(2)16-8)17-13(18)10-5-6-15-12(14)7-10/h3-7H,1-2H3,(H,17,18). The number of hydrogen-bond donors (Lipinski definition) is 1. The molecule has 0 aromatic carbocycles. The molecule has 0 unspecified atom stereocenters. The smallest absolute Gasteiger partial charge is 0.255 e. The molecule has 0 fully saturated rings. The van der Waals surface area contributed by atoms with Crippen LogP contribution in [-0.4, -0.2) is 15.9 Å². The van der Waals surface area contributed by atoms with Crippen LogP contribution < -0.4 is 5.32 Å². The van der Waals surface area contributed by atoms with Gasteiger partial charge in [0, 0.05) is 17.5 Å². The first-order chi connectivity index (χ1) is 8.56. The highest BCUT2D eigenvalue weighted by Gasteiger charge is 2.08. The van der Waals surface area contributed by atoms with Gasteiger partial charge in [-0.05, 0) is 38.1 Å². The number of aryl methyl sites for hydroxylation is 2. The van der Waals surface area contributed by atoms with Crippen molar-refractivity contribution in [3.63, 3.8) is 0 Å². The summed E-state index contributed by atoms with van der Waals surface area (Å²) in [6.45, 7) is 3.75. The first-order valence-electron chi connectivity index (χ1n) is 5.43. The fourth-order valence-electron chi connectivity index (χ4n) is 1.56. The van der Waals surface area contributed by atoms with Crippen LogP contribution in [0.5, 0.6) is 0 Å². The van der Waals surface area contributed by atoms with Gasteiger partial charge >= 0.3 is 0 Å². The molecule has 2 heterocycles. The first-order valence-corrected chi connectivity index (χ1v) is 5.81. The molecule has 0 aliphatic rings. The van der Waals surface area contributed by atoms with Crippen molar-refractivity contribution in [2.75, 3.05) is 5.32 Å². The lowest BCUT2D eigenvalue weighted by atomic mass is 10.2. The third kappa shape index (κ3) is 2.84. The summed E-state index contributed by atoms with van der Waals surface area (Å²) in [5.41, 5.74) is 2.86. The van der Waals surface area contributed by atoms with Crippen molar-refractivity contribution in [1.82, 2.24) is 9.97 Å². The van der Waals surface area contributed by atoms with Gasteiger partial charge in [0.1, 0.15) is 5.15 Å². The molecule has 0 saturated heterocycles. The number of amides is 1. The van der Waals surface area contributed by atoms with E-state index in [1.807, 2.05) is 26.0 Å². The van der Waals surface area contributed by atoms with Crippen molar-refractivity contribution in [3.05, 3.63) is 52.6 Å². The number of nitrogens with zero attached hydrogens (tertiary/aromatic N) is 2. The molecule has 2 aromatic rings. The highest BCUT2D eigenvalue weighted by atomic mass is 35.5. The molecule has 5 heteroatoms. The molecule has 2 rings (SSSR count). The van der Waals surface area contributed by atoms with Gasteiger partial charge in [-0.1, -0.05) is 11.6 Å². The van der Waals surface area contributed by atoms with Gasteiger partial charge in [0.2, 0.25) is 0 Å². The van der Waals surface area contributed by atoms with Crippen molar-refractivity contribution < 1.29 is 4.79 Å². The number of aromatic nitrogens is 2. The molecule has 18 heavy (non-hydrogen) atoms. The number of rotatable bonds is 2. The third-order valence-electron chi connectivity index (χ3n) is 2.46. The van der Waals surface area contributed by atoms with E-state index in [1.54, 1.807) is 6.07 Å². The van der Waals surface area contributed by atoms with E-state index in [-0.39, 0.29) is 5.91 Å². The number of anilines is 1. The van der Waals surface area contributed by atoms with Gasteiger partial charge in [-0.3, -0.25) is 9.78 Å². The summed E-state index contributed by atoms with van der Waals surface area (Å²) < 4.78 is 0. The normalized spacial score (nSPS) is 10.2. The van der Waals surface area contributed by atoms with E-state index >= 15 is 0 Å². The van der Waals surface area contributed by atoms with Gasteiger partial charge in [-0.25, -0.2) is 4.98 Å². The largest absolute Gasteiger partial charge is 0.320 e. The Morgan fingerprint density at radius 3 is 2.72 bits per heavy atom. The summed E-state index contributed by atoms with van der Waals surface area (Å²) in [7, 11) is 0. The maximum Gasteiger partial charge on any atom is 0.255 e. The summed E-state index contributed by atoms with van der Waals surface area (Å²) >= 11 is 5.74. The summed E-state index contributed by atoms with van der Waals surface area (Å²) in [5.74, 6) is -0.229. The lowest BCUT2D eigenvalue weighted by Gasteiger charge is -2.08. The van der Waals surface area contributed by atoms with Crippen LogP contribution >= 0.6 is 11.6 Å². The van der Waals surface area contributed by atoms with Gasteiger partial charge in [-0.2, -0.15) is 0 Å². The van der Waals surface area contributed by atoms with Crippen LogP contribution in [0.15, 0.2) is 30.5 Å². The Bertz CT molecular complexity index is 599.